The Balaban J connectivity index is 2.36. The summed E-state index contributed by atoms with van der Waals surface area (Å²) in [7, 11) is 0. The first-order chi connectivity index (χ1) is 8.12. The molecule has 90 valence electrons. The van der Waals surface area contributed by atoms with Gasteiger partial charge in [-0.15, -0.1) is 0 Å². The fraction of sp³-hybridized carbons (Fsp3) is 0.438. The summed E-state index contributed by atoms with van der Waals surface area (Å²) < 4.78 is 0. The van der Waals surface area contributed by atoms with Crippen molar-refractivity contribution in [1.82, 2.24) is 4.98 Å². The molecule has 0 saturated heterocycles. The molecule has 0 spiro atoms. The Bertz CT molecular complexity index is 494. The zero-order valence-electron chi connectivity index (χ0n) is 11.0. The molecule has 0 atom stereocenters. The molecule has 0 aliphatic heterocycles. The number of hydrogen-bond donors (Lipinski definition) is 0. The molecule has 1 heterocycles. The summed E-state index contributed by atoms with van der Waals surface area (Å²) in [4.78, 5) is 4.53. The van der Waals surface area contributed by atoms with Gasteiger partial charge in [0.15, 0.2) is 0 Å². The number of para-hydroxylation sites is 1. The second kappa shape index (κ2) is 4.87. The quantitative estimate of drug-likeness (QED) is 0.743. The summed E-state index contributed by atoms with van der Waals surface area (Å²) in [6, 6.07) is 10.6. The topological polar surface area (TPSA) is 12.9 Å². The van der Waals surface area contributed by atoms with Crippen molar-refractivity contribution in [1.29, 1.82) is 0 Å². The third-order valence-corrected chi connectivity index (χ3v) is 3.31. The van der Waals surface area contributed by atoms with Crippen molar-refractivity contribution >= 4 is 10.9 Å². The molecule has 17 heavy (non-hydrogen) atoms. The van der Waals surface area contributed by atoms with Crippen molar-refractivity contribution in [3.05, 3.63) is 42.1 Å². The molecule has 0 N–H and O–H groups in total. The standard InChI is InChI=1S/C16H21N/c1-4-10-16(2,3)12-14-8-5-7-13-9-6-11-17-15(13)14/h5-9,11H,4,10,12H2,1-3H3. The third kappa shape index (κ3) is 2.85. The maximum atomic E-state index is 4.53. The SMILES string of the molecule is CCCC(C)(C)Cc1cccc2cccnc12. The summed E-state index contributed by atoms with van der Waals surface area (Å²) in [6.45, 7) is 6.94. The largest absolute Gasteiger partial charge is 0.256 e. The molecule has 0 radical (unpaired) electrons. The van der Waals surface area contributed by atoms with E-state index in [4.69, 9.17) is 0 Å². The lowest BCUT2D eigenvalue weighted by molar-refractivity contribution is 0.330. The minimum Gasteiger partial charge on any atom is -0.256 e. The summed E-state index contributed by atoms with van der Waals surface area (Å²) in [5.41, 5.74) is 2.90. The van der Waals surface area contributed by atoms with Gasteiger partial charge in [0.1, 0.15) is 0 Å². The number of fused-ring (bicyclic) bond motifs is 1. The van der Waals surface area contributed by atoms with Gasteiger partial charge in [-0.25, -0.2) is 0 Å². The van der Waals surface area contributed by atoms with E-state index in [-0.39, 0.29) is 0 Å². The molecule has 2 aromatic rings. The normalized spacial score (nSPS) is 11.9. The molecule has 2 rings (SSSR count). The van der Waals surface area contributed by atoms with Gasteiger partial charge in [-0.3, -0.25) is 4.98 Å². The van der Waals surface area contributed by atoms with Gasteiger partial charge < -0.3 is 0 Å². The van der Waals surface area contributed by atoms with Crippen LogP contribution in [0, 0.1) is 5.41 Å². The average molecular weight is 227 g/mol. The summed E-state index contributed by atoms with van der Waals surface area (Å²) in [5.74, 6) is 0. The van der Waals surface area contributed by atoms with Crippen molar-refractivity contribution in [2.24, 2.45) is 5.41 Å². The minimum absolute atomic E-state index is 0.362. The van der Waals surface area contributed by atoms with Crippen LogP contribution < -0.4 is 0 Å². The number of hydrogen-bond acceptors (Lipinski definition) is 1. The molecule has 0 bridgehead atoms. The zero-order chi connectivity index (χ0) is 12.3. The van der Waals surface area contributed by atoms with Crippen LogP contribution in [0.1, 0.15) is 39.2 Å². The Hall–Kier alpha value is -1.37. The molecule has 1 nitrogen and oxygen atoms in total. The number of aromatic nitrogens is 1. The van der Waals surface area contributed by atoms with Crippen LogP contribution in [0.2, 0.25) is 0 Å². The minimum atomic E-state index is 0.362. The molecule has 0 fully saturated rings. The Labute approximate surface area is 104 Å². The van der Waals surface area contributed by atoms with Crippen molar-refractivity contribution in [3.63, 3.8) is 0 Å². The Kier molecular flexibility index (Phi) is 3.46. The van der Waals surface area contributed by atoms with Crippen molar-refractivity contribution < 1.29 is 0 Å². The molecule has 0 unspecified atom stereocenters. The predicted octanol–water partition coefficient (Wildman–Crippen LogP) is 4.60. The number of rotatable bonds is 4. The van der Waals surface area contributed by atoms with Gasteiger partial charge in [-0.05, 0) is 29.9 Å². The van der Waals surface area contributed by atoms with Crippen LogP contribution in [0.4, 0.5) is 0 Å². The van der Waals surface area contributed by atoms with Crippen LogP contribution in [-0.2, 0) is 6.42 Å². The molecule has 0 aliphatic carbocycles. The van der Waals surface area contributed by atoms with E-state index in [1.54, 1.807) is 0 Å². The van der Waals surface area contributed by atoms with Crippen LogP contribution in [0.25, 0.3) is 10.9 Å². The van der Waals surface area contributed by atoms with E-state index in [9.17, 15) is 0 Å². The van der Waals surface area contributed by atoms with Crippen molar-refractivity contribution in [2.45, 2.75) is 40.0 Å². The van der Waals surface area contributed by atoms with E-state index >= 15 is 0 Å². The van der Waals surface area contributed by atoms with E-state index in [0.29, 0.717) is 5.41 Å². The Morgan fingerprint density at radius 3 is 2.65 bits per heavy atom. The van der Waals surface area contributed by atoms with E-state index in [0.717, 1.165) is 6.42 Å². The average Bonchev–Trinajstić information content (AvgIpc) is 2.29. The maximum absolute atomic E-state index is 4.53. The van der Waals surface area contributed by atoms with Gasteiger partial charge >= 0.3 is 0 Å². The lowest BCUT2D eigenvalue weighted by Crippen LogP contribution is -2.14. The van der Waals surface area contributed by atoms with Gasteiger partial charge in [0.2, 0.25) is 0 Å². The van der Waals surface area contributed by atoms with Crippen LogP contribution in [-0.4, -0.2) is 4.98 Å². The highest BCUT2D eigenvalue weighted by atomic mass is 14.6. The smallest absolute Gasteiger partial charge is 0.0734 e. The second-order valence-electron chi connectivity index (χ2n) is 5.58. The number of nitrogens with zero attached hydrogens (tertiary/aromatic N) is 1. The van der Waals surface area contributed by atoms with Crippen LogP contribution in [0.15, 0.2) is 36.5 Å². The van der Waals surface area contributed by atoms with Gasteiger partial charge in [-0.2, -0.15) is 0 Å². The van der Waals surface area contributed by atoms with Gasteiger partial charge in [0, 0.05) is 11.6 Å². The van der Waals surface area contributed by atoms with Crippen molar-refractivity contribution in [3.8, 4) is 0 Å². The lowest BCUT2D eigenvalue weighted by Gasteiger charge is -2.24. The maximum Gasteiger partial charge on any atom is 0.0734 e. The molecule has 0 amide bonds. The molecule has 1 aromatic heterocycles. The highest BCUT2D eigenvalue weighted by Gasteiger charge is 2.18. The summed E-state index contributed by atoms with van der Waals surface area (Å²) >= 11 is 0. The van der Waals surface area contributed by atoms with E-state index < -0.39 is 0 Å². The third-order valence-electron chi connectivity index (χ3n) is 3.31. The summed E-state index contributed by atoms with van der Waals surface area (Å²) in [6.07, 6.45) is 5.50. The molecular weight excluding hydrogens is 206 g/mol. The van der Waals surface area contributed by atoms with E-state index in [1.807, 2.05) is 12.3 Å². The lowest BCUT2D eigenvalue weighted by atomic mass is 9.81. The number of pyridine rings is 1. The molecule has 0 saturated carbocycles. The van der Waals surface area contributed by atoms with Crippen LogP contribution in [0.3, 0.4) is 0 Å². The van der Waals surface area contributed by atoms with Gasteiger partial charge in [0.25, 0.3) is 0 Å². The Morgan fingerprint density at radius 2 is 1.88 bits per heavy atom. The fourth-order valence-corrected chi connectivity index (χ4v) is 2.59. The Morgan fingerprint density at radius 1 is 1.12 bits per heavy atom. The van der Waals surface area contributed by atoms with Crippen LogP contribution >= 0.6 is 0 Å². The molecule has 1 heteroatoms. The van der Waals surface area contributed by atoms with Gasteiger partial charge in [0.05, 0.1) is 5.52 Å². The molecule has 1 aromatic carbocycles. The van der Waals surface area contributed by atoms with Crippen LogP contribution in [0.5, 0.6) is 0 Å². The zero-order valence-corrected chi connectivity index (χ0v) is 11.0. The molecule has 0 aliphatic rings. The molecular formula is C16H21N. The monoisotopic (exact) mass is 227 g/mol. The highest BCUT2D eigenvalue weighted by molar-refractivity contribution is 5.81. The number of benzene rings is 1. The van der Waals surface area contributed by atoms with Gasteiger partial charge in [-0.1, -0.05) is 51.5 Å². The first-order valence-electron chi connectivity index (χ1n) is 6.45. The van der Waals surface area contributed by atoms with E-state index in [1.165, 1.54) is 29.3 Å². The van der Waals surface area contributed by atoms with Crippen molar-refractivity contribution in [2.75, 3.05) is 0 Å². The van der Waals surface area contributed by atoms with E-state index in [2.05, 4.69) is 50.0 Å². The summed E-state index contributed by atoms with van der Waals surface area (Å²) in [5, 5.41) is 1.25. The highest BCUT2D eigenvalue weighted by Crippen LogP contribution is 2.29. The fourth-order valence-electron chi connectivity index (χ4n) is 2.59. The predicted molar refractivity (Wildman–Crippen MR) is 74.1 cm³/mol. The second-order valence-corrected chi connectivity index (χ2v) is 5.58. The first kappa shape index (κ1) is 12.1. The first-order valence-corrected chi connectivity index (χ1v) is 6.45.